The summed E-state index contributed by atoms with van der Waals surface area (Å²) >= 11 is 3.25. The third-order valence-electron chi connectivity index (χ3n) is 2.06. The molecule has 0 fully saturated rings. The van der Waals surface area contributed by atoms with Crippen LogP contribution < -0.4 is 4.74 Å². The molecule has 14 heavy (non-hydrogen) atoms. The first-order valence-electron chi connectivity index (χ1n) is 4.19. The van der Waals surface area contributed by atoms with Crippen LogP contribution in [0, 0.1) is 0 Å². The fourth-order valence-corrected chi connectivity index (χ4v) is 3.59. The molecule has 0 saturated carbocycles. The van der Waals surface area contributed by atoms with Crippen LogP contribution in [-0.2, 0) is 4.79 Å². The molecule has 1 aliphatic heterocycles. The standard InChI is InChI=1S/C10H6O2S2/c11-8-5-13-10-9(12-8)6-3-1-2-4-7(6)14-10/h1-4H,5H2. The third kappa shape index (κ3) is 1.14. The second kappa shape index (κ2) is 3.00. The van der Waals surface area contributed by atoms with Gasteiger partial charge in [-0.25, -0.2) is 0 Å². The van der Waals surface area contributed by atoms with E-state index in [4.69, 9.17) is 4.74 Å². The molecule has 0 bridgehead atoms. The molecule has 1 aliphatic rings. The molecule has 0 N–H and O–H groups in total. The highest BCUT2D eigenvalue weighted by molar-refractivity contribution is 8.02. The number of esters is 1. The van der Waals surface area contributed by atoms with Gasteiger partial charge in [0.1, 0.15) is 4.21 Å². The maximum Gasteiger partial charge on any atom is 0.321 e. The van der Waals surface area contributed by atoms with E-state index in [1.165, 1.54) is 4.70 Å². The Morgan fingerprint density at radius 1 is 1.29 bits per heavy atom. The fourth-order valence-electron chi connectivity index (χ4n) is 1.46. The highest BCUT2D eigenvalue weighted by Gasteiger charge is 2.22. The smallest absolute Gasteiger partial charge is 0.321 e. The zero-order valence-electron chi connectivity index (χ0n) is 7.15. The molecule has 0 atom stereocenters. The van der Waals surface area contributed by atoms with Crippen molar-refractivity contribution in [3.8, 4) is 5.75 Å². The first kappa shape index (κ1) is 8.32. The molecular formula is C10H6O2S2. The number of thioether (sulfide) groups is 1. The van der Waals surface area contributed by atoms with Gasteiger partial charge in [0.15, 0.2) is 5.75 Å². The minimum atomic E-state index is -0.147. The summed E-state index contributed by atoms with van der Waals surface area (Å²) in [6, 6.07) is 8.00. The van der Waals surface area contributed by atoms with Crippen LogP contribution in [-0.4, -0.2) is 11.7 Å². The van der Waals surface area contributed by atoms with E-state index in [2.05, 4.69) is 0 Å². The Kier molecular flexibility index (Phi) is 1.78. The second-order valence-electron chi connectivity index (χ2n) is 2.98. The normalized spacial score (nSPS) is 15.3. The lowest BCUT2D eigenvalue weighted by atomic mass is 10.2. The predicted molar refractivity (Wildman–Crippen MR) is 58.2 cm³/mol. The van der Waals surface area contributed by atoms with Crippen molar-refractivity contribution in [2.75, 3.05) is 5.75 Å². The van der Waals surface area contributed by atoms with Gasteiger partial charge in [-0.1, -0.05) is 23.9 Å². The van der Waals surface area contributed by atoms with Gasteiger partial charge in [-0.15, -0.1) is 11.3 Å². The number of ether oxygens (including phenoxy) is 1. The van der Waals surface area contributed by atoms with Crippen LogP contribution in [0.1, 0.15) is 0 Å². The van der Waals surface area contributed by atoms with Crippen molar-refractivity contribution in [1.82, 2.24) is 0 Å². The molecule has 2 heterocycles. The van der Waals surface area contributed by atoms with Gasteiger partial charge >= 0.3 is 5.97 Å². The molecule has 1 aromatic carbocycles. The van der Waals surface area contributed by atoms with Crippen molar-refractivity contribution in [1.29, 1.82) is 0 Å². The van der Waals surface area contributed by atoms with E-state index in [0.29, 0.717) is 5.75 Å². The lowest BCUT2D eigenvalue weighted by Crippen LogP contribution is -2.14. The second-order valence-corrected chi connectivity index (χ2v) is 5.27. The minimum absolute atomic E-state index is 0.147. The van der Waals surface area contributed by atoms with Crippen LogP contribution in [0.15, 0.2) is 28.5 Å². The molecule has 0 unspecified atom stereocenters. The monoisotopic (exact) mass is 222 g/mol. The molecule has 2 aromatic rings. The molecule has 4 heteroatoms. The van der Waals surface area contributed by atoms with Gasteiger partial charge in [0, 0.05) is 10.1 Å². The molecule has 0 radical (unpaired) electrons. The predicted octanol–water partition coefficient (Wildman–Crippen LogP) is 2.91. The molecule has 70 valence electrons. The van der Waals surface area contributed by atoms with Crippen molar-refractivity contribution in [2.24, 2.45) is 0 Å². The van der Waals surface area contributed by atoms with Crippen LogP contribution >= 0.6 is 23.1 Å². The SMILES string of the molecule is O=C1CSc2sc3ccccc3c2O1. The van der Waals surface area contributed by atoms with Gasteiger partial charge in [-0.2, -0.15) is 0 Å². The van der Waals surface area contributed by atoms with E-state index in [1.807, 2.05) is 24.3 Å². The summed E-state index contributed by atoms with van der Waals surface area (Å²) in [7, 11) is 0. The first-order valence-corrected chi connectivity index (χ1v) is 6.00. The van der Waals surface area contributed by atoms with E-state index < -0.39 is 0 Å². The van der Waals surface area contributed by atoms with Crippen molar-refractivity contribution in [2.45, 2.75) is 4.21 Å². The average Bonchev–Trinajstić information content (AvgIpc) is 2.56. The van der Waals surface area contributed by atoms with Gasteiger partial charge in [0.25, 0.3) is 0 Å². The summed E-state index contributed by atoms with van der Waals surface area (Å²) in [5.41, 5.74) is 0. The van der Waals surface area contributed by atoms with E-state index in [9.17, 15) is 4.79 Å². The summed E-state index contributed by atoms with van der Waals surface area (Å²) < 4.78 is 7.53. The number of thiophene rings is 1. The van der Waals surface area contributed by atoms with Crippen LogP contribution in [0.25, 0.3) is 10.1 Å². The lowest BCUT2D eigenvalue weighted by molar-refractivity contribution is -0.131. The van der Waals surface area contributed by atoms with Crippen molar-refractivity contribution >= 4 is 39.2 Å². The number of hydrogen-bond acceptors (Lipinski definition) is 4. The van der Waals surface area contributed by atoms with Crippen LogP contribution in [0.2, 0.25) is 0 Å². The van der Waals surface area contributed by atoms with E-state index >= 15 is 0 Å². The zero-order valence-corrected chi connectivity index (χ0v) is 8.78. The summed E-state index contributed by atoms with van der Waals surface area (Å²) in [5, 5.41) is 1.05. The third-order valence-corrected chi connectivity index (χ3v) is 4.43. The highest BCUT2D eigenvalue weighted by Crippen LogP contribution is 2.45. The van der Waals surface area contributed by atoms with Crippen LogP contribution in [0.4, 0.5) is 0 Å². The van der Waals surface area contributed by atoms with Gasteiger partial charge in [0.05, 0.1) is 5.75 Å². The minimum Gasteiger partial charge on any atom is -0.423 e. The molecule has 2 nitrogen and oxygen atoms in total. The molecule has 0 spiro atoms. The largest absolute Gasteiger partial charge is 0.423 e. The van der Waals surface area contributed by atoms with Crippen molar-refractivity contribution < 1.29 is 9.53 Å². The van der Waals surface area contributed by atoms with Gasteiger partial charge in [-0.3, -0.25) is 4.79 Å². The molecule has 0 amide bonds. The number of hydrogen-bond donors (Lipinski definition) is 0. The number of rotatable bonds is 0. The number of fused-ring (bicyclic) bond motifs is 3. The van der Waals surface area contributed by atoms with Crippen LogP contribution in [0.5, 0.6) is 5.75 Å². The summed E-state index contributed by atoms with van der Waals surface area (Å²) in [6.07, 6.45) is 0. The Hall–Kier alpha value is -1.00. The van der Waals surface area contributed by atoms with Crippen LogP contribution in [0.3, 0.4) is 0 Å². The Bertz CT molecular complexity index is 516. The topological polar surface area (TPSA) is 26.3 Å². The zero-order chi connectivity index (χ0) is 9.54. The van der Waals surface area contributed by atoms with Crippen molar-refractivity contribution in [3.05, 3.63) is 24.3 Å². The first-order chi connectivity index (χ1) is 6.84. The van der Waals surface area contributed by atoms with Gasteiger partial charge < -0.3 is 4.74 Å². The number of benzene rings is 1. The summed E-state index contributed by atoms with van der Waals surface area (Å²) in [4.78, 5) is 11.1. The van der Waals surface area contributed by atoms with Crippen molar-refractivity contribution in [3.63, 3.8) is 0 Å². The molecular weight excluding hydrogens is 216 g/mol. The van der Waals surface area contributed by atoms with Gasteiger partial charge in [-0.05, 0) is 12.1 Å². The Balaban J connectivity index is 2.30. The Morgan fingerprint density at radius 2 is 2.14 bits per heavy atom. The van der Waals surface area contributed by atoms with E-state index in [1.54, 1.807) is 23.1 Å². The Labute approximate surface area is 88.9 Å². The molecule has 0 saturated heterocycles. The molecule has 3 rings (SSSR count). The van der Waals surface area contributed by atoms with E-state index in [0.717, 1.165) is 15.3 Å². The average molecular weight is 222 g/mol. The van der Waals surface area contributed by atoms with Gasteiger partial charge in [0.2, 0.25) is 0 Å². The summed E-state index contributed by atoms with van der Waals surface area (Å²) in [5.74, 6) is 1.04. The summed E-state index contributed by atoms with van der Waals surface area (Å²) in [6.45, 7) is 0. The number of carbonyl (C=O) groups excluding carboxylic acids is 1. The number of carbonyl (C=O) groups is 1. The maximum atomic E-state index is 11.1. The molecule has 0 aliphatic carbocycles. The maximum absolute atomic E-state index is 11.1. The van der Waals surface area contributed by atoms with E-state index in [-0.39, 0.29) is 5.97 Å². The lowest BCUT2D eigenvalue weighted by Gasteiger charge is -2.10. The fraction of sp³-hybridized carbons (Fsp3) is 0.100. The quantitative estimate of drug-likeness (QED) is 0.641. The molecule has 1 aromatic heterocycles. The highest BCUT2D eigenvalue weighted by atomic mass is 32.2. The Morgan fingerprint density at radius 3 is 3.07 bits per heavy atom.